The summed E-state index contributed by atoms with van der Waals surface area (Å²) in [5.74, 6) is 1.62. The van der Waals surface area contributed by atoms with Crippen LogP contribution in [0.15, 0.2) is 12.5 Å². The van der Waals surface area contributed by atoms with Crippen molar-refractivity contribution in [1.29, 1.82) is 0 Å². The van der Waals surface area contributed by atoms with Crippen LogP contribution in [0.4, 0.5) is 11.6 Å². The van der Waals surface area contributed by atoms with Crippen molar-refractivity contribution in [3.63, 3.8) is 0 Å². The van der Waals surface area contributed by atoms with Crippen LogP contribution in [-0.4, -0.2) is 15.0 Å². The number of nitrogens with two attached hydrogens (primary N) is 1. The Morgan fingerprint density at radius 3 is 2.72 bits per heavy atom. The summed E-state index contributed by atoms with van der Waals surface area (Å²) in [4.78, 5) is 13.8. The number of hydrogen-bond donors (Lipinski definition) is 2. The second kappa shape index (κ2) is 5.30. The van der Waals surface area contributed by atoms with E-state index in [1.165, 1.54) is 11.2 Å². The molecule has 0 fully saturated rings. The largest absolute Gasteiger partial charge is 0.383 e. The van der Waals surface area contributed by atoms with E-state index >= 15 is 0 Å². The van der Waals surface area contributed by atoms with Gasteiger partial charge in [0, 0.05) is 16.6 Å². The van der Waals surface area contributed by atoms with Crippen LogP contribution in [0.5, 0.6) is 0 Å². The van der Waals surface area contributed by atoms with Crippen molar-refractivity contribution in [2.24, 2.45) is 0 Å². The number of nitrogens with one attached hydrogen (secondary N) is 1. The number of nitrogen functional groups attached to an aromatic ring is 1. The third-order valence-electron chi connectivity index (χ3n) is 2.57. The summed E-state index contributed by atoms with van der Waals surface area (Å²) in [6.45, 7) is 6.86. The van der Waals surface area contributed by atoms with Gasteiger partial charge in [-0.2, -0.15) is 0 Å². The number of aryl methyl sites for hydroxylation is 1. The molecule has 0 saturated heterocycles. The van der Waals surface area contributed by atoms with Crippen molar-refractivity contribution < 1.29 is 0 Å². The predicted octanol–water partition coefficient (Wildman–Crippen LogP) is 2.56. The molecule has 2 rings (SSSR count). The Balaban J connectivity index is 2.16. The highest BCUT2D eigenvalue weighted by atomic mass is 32.1. The Morgan fingerprint density at radius 2 is 2.11 bits per heavy atom. The van der Waals surface area contributed by atoms with Crippen molar-refractivity contribution in [3.05, 3.63) is 28.0 Å². The maximum absolute atomic E-state index is 5.89. The van der Waals surface area contributed by atoms with Crippen molar-refractivity contribution in [2.45, 2.75) is 33.2 Å². The molecule has 96 valence electrons. The minimum atomic E-state index is 0.284. The van der Waals surface area contributed by atoms with Gasteiger partial charge in [-0.1, -0.05) is 13.8 Å². The summed E-state index contributed by atoms with van der Waals surface area (Å²) in [6, 6.07) is 0. The molecule has 0 radical (unpaired) electrons. The fourth-order valence-corrected chi connectivity index (χ4v) is 2.49. The van der Waals surface area contributed by atoms with Gasteiger partial charge in [-0.15, -0.1) is 11.3 Å². The Bertz CT molecular complexity index is 535. The number of anilines is 2. The second-order valence-corrected chi connectivity index (χ2v) is 5.71. The monoisotopic (exact) mass is 263 g/mol. The summed E-state index contributed by atoms with van der Waals surface area (Å²) in [5, 5.41) is 4.32. The standard InChI is InChI=1S/C12H17N5S/c1-7(2)10-11(13)16-6-17-12(10)15-5-9-14-4-8(3)18-9/h4,6-7H,5H2,1-3H3,(H3,13,15,16,17). The minimum absolute atomic E-state index is 0.284. The first kappa shape index (κ1) is 12.8. The Morgan fingerprint density at radius 1 is 1.33 bits per heavy atom. The van der Waals surface area contributed by atoms with Crippen LogP contribution < -0.4 is 11.1 Å². The molecule has 0 aliphatic rings. The summed E-state index contributed by atoms with van der Waals surface area (Å²) in [7, 11) is 0. The van der Waals surface area contributed by atoms with Crippen LogP contribution >= 0.6 is 11.3 Å². The lowest BCUT2D eigenvalue weighted by Crippen LogP contribution is -2.09. The third-order valence-corrected chi connectivity index (χ3v) is 3.48. The van der Waals surface area contributed by atoms with Crippen molar-refractivity contribution >= 4 is 23.0 Å². The maximum atomic E-state index is 5.89. The zero-order chi connectivity index (χ0) is 13.1. The van der Waals surface area contributed by atoms with E-state index in [0.29, 0.717) is 12.4 Å². The highest BCUT2D eigenvalue weighted by Crippen LogP contribution is 2.26. The number of thiazole rings is 1. The summed E-state index contributed by atoms with van der Waals surface area (Å²) < 4.78 is 0. The highest BCUT2D eigenvalue weighted by molar-refractivity contribution is 7.11. The first-order chi connectivity index (χ1) is 8.58. The first-order valence-electron chi connectivity index (χ1n) is 5.83. The van der Waals surface area contributed by atoms with E-state index in [-0.39, 0.29) is 5.92 Å². The second-order valence-electron chi connectivity index (χ2n) is 4.39. The van der Waals surface area contributed by atoms with E-state index in [2.05, 4.69) is 34.1 Å². The number of nitrogens with zero attached hydrogens (tertiary/aromatic N) is 3. The first-order valence-corrected chi connectivity index (χ1v) is 6.65. The van der Waals surface area contributed by atoms with Gasteiger partial charge in [-0.25, -0.2) is 15.0 Å². The molecular formula is C12H17N5S. The molecule has 0 spiro atoms. The number of rotatable bonds is 4. The minimum Gasteiger partial charge on any atom is -0.383 e. The molecule has 0 aromatic carbocycles. The van der Waals surface area contributed by atoms with Gasteiger partial charge in [0.25, 0.3) is 0 Å². The van der Waals surface area contributed by atoms with Gasteiger partial charge >= 0.3 is 0 Å². The van der Waals surface area contributed by atoms with Gasteiger partial charge in [0.15, 0.2) is 0 Å². The van der Waals surface area contributed by atoms with E-state index in [4.69, 9.17) is 5.73 Å². The zero-order valence-corrected chi connectivity index (χ0v) is 11.6. The molecule has 0 aliphatic carbocycles. The lowest BCUT2D eigenvalue weighted by Gasteiger charge is -2.14. The van der Waals surface area contributed by atoms with Crippen LogP contribution in [0.3, 0.4) is 0 Å². The van der Waals surface area contributed by atoms with Crippen molar-refractivity contribution in [3.8, 4) is 0 Å². The molecule has 0 atom stereocenters. The molecule has 0 bridgehead atoms. The highest BCUT2D eigenvalue weighted by Gasteiger charge is 2.12. The molecular weight excluding hydrogens is 246 g/mol. The maximum Gasteiger partial charge on any atom is 0.135 e. The van der Waals surface area contributed by atoms with Crippen LogP contribution in [0.25, 0.3) is 0 Å². The Labute approximate surface area is 111 Å². The molecule has 0 aliphatic heterocycles. The van der Waals surface area contributed by atoms with E-state index in [1.54, 1.807) is 11.3 Å². The van der Waals surface area contributed by atoms with Gasteiger partial charge in [0.2, 0.25) is 0 Å². The van der Waals surface area contributed by atoms with Crippen molar-refractivity contribution in [1.82, 2.24) is 15.0 Å². The van der Waals surface area contributed by atoms with Gasteiger partial charge in [0.1, 0.15) is 23.0 Å². The summed E-state index contributed by atoms with van der Waals surface area (Å²) in [5.41, 5.74) is 6.85. The molecule has 18 heavy (non-hydrogen) atoms. The summed E-state index contributed by atoms with van der Waals surface area (Å²) in [6.07, 6.45) is 3.36. The Kier molecular flexibility index (Phi) is 3.76. The van der Waals surface area contributed by atoms with Crippen LogP contribution in [0.1, 0.15) is 35.2 Å². The molecule has 0 unspecified atom stereocenters. The lowest BCUT2D eigenvalue weighted by molar-refractivity contribution is 0.849. The van der Waals surface area contributed by atoms with Crippen molar-refractivity contribution in [2.75, 3.05) is 11.1 Å². The number of hydrogen-bond acceptors (Lipinski definition) is 6. The molecule has 2 aromatic rings. The fraction of sp³-hybridized carbons (Fsp3) is 0.417. The SMILES string of the molecule is Cc1cnc(CNc2ncnc(N)c2C(C)C)s1. The van der Waals surface area contributed by atoms with Crippen LogP contribution in [0.2, 0.25) is 0 Å². The number of aromatic nitrogens is 3. The van der Waals surface area contributed by atoms with E-state index < -0.39 is 0 Å². The van der Waals surface area contributed by atoms with Gasteiger partial charge in [-0.3, -0.25) is 0 Å². The van der Waals surface area contributed by atoms with Gasteiger partial charge < -0.3 is 11.1 Å². The van der Waals surface area contributed by atoms with Crippen LogP contribution in [0, 0.1) is 6.92 Å². The quantitative estimate of drug-likeness (QED) is 0.886. The molecule has 6 heteroatoms. The average molecular weight is 263 g/mol. The Hall–Kier alpha value is -1.69. The average Bonchev–Trinajstić information content (AvgIpc) is 2.72. The molecule has 0 saturated carbocycles. The third kappa shape index (κ3) is 2.76. The topological polar surface area (TPSA) is 76.7 Å². The van der Waals surface area contributed by atoms with E-state index in [0.717, 1.165) is 16.4 Å². The van der Waals surface area contributed by atoms with E-state index in [9.17, 15) is 0 Å². The van der Waals surface area contributed by atoms with Gasteiger partial charge in [-0.05, 0) is 12.8 Å². The lowest BCUT2D eigenvalue weighted by atomic mass is 10.0. The molecule has 5 nitrogen and oxygen atoms in total. The fourth-order valence-electron chi connectivity index (χ4n) is 1.76. The predicted molar refractivity (Wildman–Crippen MR) is 74.7 cm³/mol. The molecule has 0 amide bonds. The normalized spacial score (nSPS) is 10.9. The molecule has 3 N–H and O–H groups in total. The molecule has 2 aromatic heterocycles. The summed E-state index contributed by atoms with van der Waals surface area (Å²) >= 11 is 1.68. The van der Waals surface area contributed by atoms with E-state index in [1.807, 2.05) is 13.1 Å². The molecule has 2 heterocycles. The van der Waals surface area contributed by atoms with Gasteiger partial charge in [0.05, 0.1) is 6.54 Å². The zero-order valence-electron chi connectivity index (χ0n) is 10.8. The smallest absolute Gasteiger partial charge is 0.135 e. The van der Waals surface area contributed by atoms with Crippen LogP contribution in [-0.2, 0) is 6.54 Å².